The van der Waals surface area contributed by atoms with E-state index in [1.807, 2.05) is 60.7 Å². The van der Waals surface area contributed by atoms with Gasteiger partial charge >= 0.3 is 0 Å². The third-order valence-corrected chi connectivity index (χ3v) is 6.79. The molecule has 0 heterocycles. The van der Waals surface area contributed by atoms with E-state index in [1.165, 1.54) is 0 Å². The van der Waals surface area contributed by atoms with E-state index < -0.39 is 6.04 Å². The quantitative estimate of drug-likeness (QED) is 0.298. The molecule has 0 aliphatic heterocycles. The number of amides is 2. The summed E-state index contributed by atoms with van der Waals surface area (Å²) in [6.07, 6.45) is 1.89. The van der Waals surface area contributed by atoms with Crippen LogP contribution >= 0.6 is 31.9 Å². The average Bonchev–Trinajstić information content (AvgIpc) is 2.83. The Morgan fingerprint density at radius 3 is 2.48 bits per heavy atom. The second-order valence-corrected chi connectivity index (χ2v) is 9.56. The number of nitrogens with one attached hydrogen (secondary N) is 1. The van der Waals surface area contributed by atoms with Gasteiger partial charge in [-0.15, -0.1) is 0 Å². The van der Waals surface area contributed by atoms with Gasteiger partial charge in [-0.25, -0.2) is 0 Å². The summed E-state index contributed by atoms with van der Waals surface area (Å²) in [5.74, 6) is 0.169. The Bertz CT molecular complexity index is 1100. The van der Waals surface area contributed by atoms with Crippen molar-refractivity contribution in [2.45, 2.75) is 39.3 Å². The maximum Gasteiger partial charge on any atom is 0.261 e. The molecule has 3 aromatic rings. The molecule has 0 saturated carbocycles. The molecule has 0 aromatic heterocycles. The molecule has 33 heavy (non-hydrogen) atoms. The molecule has 0 saturated heterocycles. The fraction of sp³-hybridized carbons (Fsp3) is 0.308. The summed E-state index contributed by atoms with van der Waals surface area (Å²) in [6, 6.07) is 18.9. The summed E-state index contributed by atoms with van der Waals surface area (Å²) < 4.78 is 7.66. The lowest BCUT2D eigenvalue weighted by atomic mass is 10.1. The highest BCUT2D eigenvalue weighted by atomic mass is 79.9. The van der Waals surface area contributed by atoms with Crippen LogP contribution in [-0.4, -0.2) is 35.9 Å². The maximum absolute atomic E-state index is 13.2. The lowest BCUT2D eigenvalue weighted by Crippen LogP contribution is -2.49. The second kappa shape index (κ2) is 12.2. The van der Waals surface area contributed by atoms with Crippen LogP contribution in [0.5, 0.6) is 5.75 Å². The van der Waals surface area contributed by atoms with Crippen LogP contribution in [0.2, 0.25) is 0 Å². The van der Waals surface area contributed by atoms with Gasteiger partial charge in [0.05, 0.1) is 4.47 Å². The molecule has 3 rings (SSSR count). The minimum atomic E-state index is -0.623. The molecule has 0 aliphatic carbocycles. The van der Waals surface area contributed by atoms with Gasteiger partial charge in [-0.3, -0.25) is 9.59 Å². The maximum atomic E-state index is 13.2. The first-order valence-electron chi connectivity index (χ1n) is 11.0. The number of ether oxygens (including phenoxy) is 1. The molecule has 0 bridgehead atoms. The minimum absolute atomic E-state index is 0.166. The van der Waals surface area contributed by atoms with Crippen LogP contribution in [0.3, 0.4) is 0 Å². The normalized spacial score (nSPS) is 11.8. The summed E-state index contributed by atoms with van der Waals surface area (Å²) in [5.41, 5.74) is 0.937. The number of benzene rings is 3. The molecule has 5 nitrogen and oxygen atoms in total. The van der Waals surface area contributed by atoms with Gasteiger partial charge in [0.25, 0.3) is 5.91 Å². The van der Waals surface area contributed by atoms with Crippen molar-refractivity contribution in [1.29, 1.82) is 0 Å². The van der Waals surface area contributed by atoms with Crippen molar-refractivity contribution < 1.29 is 14.3 Å². The molecule has 1 N–H and O–H groups in total. The van der Waals surface area contributed by atoms with Gasteiger partial charge in [0, 0.05) is 17.6 Å². The highest BCUT2D eigenvalue weighted by Crippen LogP contribution is 2.33. The molecule has 2 amide bonds. The first kappa shape index (κ1) is 25.2. The van der Waals surface area contributed by atoms with Gasteiger partial charge in [-0.1, -0.05) is 71.7 Å². The Labute approximate surface area is 211 Å². The van der Waals surface area contributed by atoms with Crippen molar-refractivity contribution >= 4 is 54.4 Å². The van der Waals surface area contributed by atoms with Crippen LogP contribution in [0.25, 0.3) is 10.8 Å². The van der Waals surface area contributed by atoms with E-state index in [0.29, 0.717) is 18.8 Å². The Hall–Kier alpha value is -2.38. The predicted octanol–water partition coefficient (Wildman–Crippen LogP) is 6.08. The lowest BCUT2D eigenvalue weighted by molar-refractivity contribution is -0.142. The molecule has 0 fully saturated rings. The van der Waals surface area contributed by atoms with Crippen LogP contribution in [0.4, 0.5) is 0 Å². The Morgan fingerprint density at radius 2 is 1.76 bits per heavy atom. The molecule has 3 aromatic carbocycles. The largest absolute Gasteiger partial charge is 0.483 e. The Morgan fingerprint density at radius 1 is 1.03 bits per heavy atom. The molecule has 0 radical (unpaired) electrons. The highest BCUT2D eigenvalue weighted by Gasteiger charge is 2.26. The predicted molar refractivity (Wildman–Crippen MR) is 139 cm³/mol. The number of unbranched alkanes of at least 4 members (excludes halogenated alkanes) is 1. The van der Waals surface area contributed by atoms with E-state index in [4.69, 9.17) is 4.74 Å². The van der Waals surface area contributed by atoms with E-state index >= 15 is 0 Å². The van der Waals surface area contributed by atoms with Gasteiger partial charge < -0.3 is 15.0 Å². The molecule has 0 spiro atoms. The third kappa shape index (κ3) is 6.81. The van der Waals surface area contributed by atoms with Crippen molar-refractivity contribution in [3.8, 4) is 5.75 Å². The lowest BCUT2D eigenvalue weighted by Gasteiger charge is -2.29. The number of carbonyl (C=O) groups is 2. The van der Waals surface area contributed by atoms with Crippen LogP contribution in [0, 0.1) is 0 Å². The monoisotopic (exact) mass is 574 g/mol. The van der Waals surface area contributed by atoms with E-state index in [0.717, 1.165) is 38.1 Å². The number of carbonyl (C=O) groups excluding carboxylic acids is 2. The van der Waals surface area contributed by atoms with Crippen molar-refractivity contribution in [2.75, 3.05) is 13.2 Å². The van der Waals surface area contributed by atoms with Crippen LogP contribution < -0.4 is 10.1 Å². The van der Waals surface area contributed by atoms with Crippen molar-refractivity contribution in [2.24, 2.45) is 0 Å². The first-order chi connectivity index (χ1) is 15.9. The fourth-order valence-corrected chi connectivity index (χ4v) is 4.32. The second-order valence-electron chi connectivity index (χ2n) is 7.86. The molecule has 1 unspecified atom stereocenters. The number of nitrogens with zero attached hydrogens (tertiary/aromatic N) is 1. The first-order valence-corrected chi connectivity index (χ1v) is 12.6. The molecule has 7 heteroatoms. The zero-order valence-corrected chi connectivity index (χ0v) is 22.0. The molecule has 0 aliphatic rings. The number of rotatable bonds is 10. The summed E-state index contributed by atoms with van der Waals surface area (Å²) in [5, 5.41) is 5.02. The number of hydrogen-bond acceptors (Lipinski definition) is 3. The van der Waals surface area contributed by atoms with Gasteiger partial charge in [0.1, 0.15) is 11.8 Å². The molecule has 1 atom stereocenters. The molecular formula is C26H28Br2N2O3. The van der Waals surface area contributed by atoms with Gasteiger partial charge in [-0.05, 0) is 63.8 Å². The van der Waals surface area contributed by atoms with Gasteiger partial charge in [0.2, 0.25) is 5.91 Å². The number of hydrogen-bond donors (Lipinski definition) is 1. The Balaban J connectivity index is 1.75. The SMILES string of the molecule is CCCCNC(=O)C(C)N(Cc1ccc(Br)cc1)C(=O)COc1ccc2ccccc2c1Br. The number of halogens is 2. The fourth-order valence-electron chi connectivity index (χ4n) is 3.45. The smallest absolute Gasteiger partial charge is 0.261 e. The summed E-state index contributed by atoms with van der Waals surface area (Å²) in [4.78, 5) is 27.5. The number of fused-ring (bicyclic) bond motifs is 1. The Kier molecular flexibility index (Phi) is 9.32. The van der Waals surface area contributed by atoms with Crippen molar-refractivity contribution in [3.05, 3.63) is 75.2 Å². The van der Waals surface area contributed by atoms with Crippen LogP contribution in [0.15, 0.2) is 69.6 Å². The van der Waals surface area contributed by atoms with E-state index in [1.54, 1.807) is 11.8 Å². The minimum Gasteiger partial charge on any atom is -0.483 e. The van der Waals surface area contributed by atoms with Crippen molar-refractivity contribution in [3.63, 3.8) is 0 Å². The third-order valence-electron chi connectivity index (χ3n) is 5.44. The zero-order valence-electron chi connectivity index (χ0n) is 18.8. The standard InChI is InChI=1S/C26H28Br2N2O3/c1-3-4-15-29-26(32)18(2)30(16-19-9-12-21(27)13-10-19)24(31)17-33-23-14-11-20-7-5-6-8-22(20)25(23)28/h5-14,18H,3-4,15-17H2,1-2H3,(H,29,32). The van der Waals surface area contributed by atoms with E-state index in [-0.39, 0.29) is 18.4 Å². The van der Waals surface area contributed by atoms with E-state index in [2.05, 4.69) is 44.1 Å². The average molecular weight is 576 g/mol. The van der Waals surface area contributed by atoms with Gasteiger partial charge in [0.15, 0.2) is 6.61 Å². The highest BCUT2D eigenvalue weighted by molar-refractivity contribution is 9.11. The topological polar surface area (TPSA) is 58.6 Å². The molecular weight excluding hydrogens is 548 g/mol. The summed E-state index contributed by atoms with van der Waals surface area (Å²) >= 11 is 7.03. The van der Waals surface area contributed by atoms with Crippen molar-refractivity contribution in [1.82, 2.24) is 10.2 Å². The summed E-state index contributed by atoms with van der Waals surface area (Å²) in [7, 11) is 0. The van der Waals surface area contributed by atoms with Crippen LogP contribution in [0.1, 0.15) is 32.3 Å². The van der Waals surface area contributed by atoms with Gasteiger partial charge in [-0.2, -0.15) is 0 Å². The van der Waals surface area contributed by atoms with Crippen LogP contribution in [-0.2, 0) is 16.1 Å². The molecule has 174 valence electrons. The summed E-state index contributed by atoms with van der Waals surface area (Å²) in [6.45, 7) is 4.57. The zero-order chi connectivity index (χ0) is 23.8. The van der Waals surface area contributed by atoms with E-state index in [9.17, 15) is 9.59 Å².